The van der Waals surface area contributed by atoms with Gasteiger partial charge in [-0.15, -0.1) is 11.8 Å². The first-order valence-corrected chi connectivity index (χ1v) is 4.79. The molecule has 1 amide bonds. The van der Waals surface area contributed by atoms with E-state index in [4.69, 9.17) is 11.5 Å². The Kier molecular flexibility index (Phi) is 3.57. The lowest BCUT2D eigenvalue weighted by molar-refractivity contribution is -0.117. The number of rotatable bonds is 4. The number of nitrogens with two attached hydrogens (primary N) is 2. The number of anilines is 1. The summed E-state index contributed by atoms with van der Waals surface area (Å²) in [5.41, 5.74) is 11.1. The minimum absolute atomic E-state index is 0.289. The molecule has 0 aliphatic carbocycles. The van der Waals surface area contributed by atoms with Crippen LogP contribution in [0.5, 0.6) is 0 Å². The van der Waals surface area contributed by atoms with Crippen LogP contribution in [0.15, 0.2) is 23.4 Å². The number of hydrogen-bond donors (Lipinski definition) is 2. The predicted octanol–water partition coefficient (Wildman–Crippen LogP) is 0.631. The van der Waals surface area contributed by atoms with E-state index < -0.39 is 0 Å². The predicted molar refractivity (Wildman–Crippen MR) is 53.2 cm³/mol. The van der Waals surface area contributed by atoms with Crippen molar-refractivity contribution in [3.8, 4) is 0 Å². The minimum Gasteiger partial charge on any atom is -0.397 e. The molecule has 4 nitrogen and oxygen atoms in total. The Balaban J connectivity index is 2.37. The second-order valence-corrected chi connectivity index (χ2v) is 3.61. The van der Waals surface area contributed by atoms with Gasteiger partial charge in [-0.1, -0.05) is 0 Å². The molecular formula is C8H11N3OS. The average molecular weight is 197 g/mol. The largest absolute Gasteiger partial charge is 0.397 e. The van der Waals surface area contributed by atoms with Crippen LogP contribution in [0.1, 0.15) is 6.42 Å². The van der Waals surface area contributed by atoms with Crippen LogP contribution in [0.3, 0.4) is 0 Å². The van der Waals surface area contributed by atoms with Crippen molar-refractivity contribution in [2.24, 2.45) is 5.73 Å². The summed E-state index contributed by atoms with van der Waals surface area (Å²) in [6.07, 6.45) is 1.96. The van der Waals surface area contributed by atoms with Crippen molar-refractivity contribution < 1.29 is 4.79 Å². The van der Waals surface area contributed by atoms with Crippen molar-refractivity contribution in [2.75, 3.05) is 11.5 Å². The molecule has 1 heterocycles. The monoisotopic (exact) mass is 197 g/mol. The number of thioether (sulfide) groups is 1. The fourth-order valence-electron chi connectivity index (χ4n) is 0.733. The van der Waals surface area contributed by atoms with Gasteiger partial charge in [0.1, 0.15) is 0 Å². The molecule has 70 valence electrons. The molecule has 1 aromatic heterocycles. The van der Waals surface area contributed by atoms with Gasteiger partial charge in [0.25, 0.3) is 0 Å². The quantitative estimate of drug-likeness (QED) is 0.694. The first-order chi connectivity index (χ1) is 6.18. The molecule has 0 unspecified atom stereocenters. The molecule has 1 rings (SSSR count). The lowest BCUT2D eigenvalue weighted by Gasteiger charge is -1.98. The maximum absolute atomic E-state index is 10.4. The van der Waals surface area contributed by atoms with Crippen molar-refractivity contribution in [1.82, 2.24) is 4.98 Å². The molecule has 0 aliphatic rings. The summed E-state index contributed by atoms with van der Waals surface area (Å²) in [6, 6.07) is 3.60. The Labute approximate surface area is 80.7 Å². The van der Waals surface area contributed by atoms with Crippen LogP contribution < -0.4 is 11.5 Å². The van der Waals surface area contributed by atoms with Gasteiger partial charge in [0, 0.05) is 12.2 Å². The van der Waals surface area contributed by atoms with Crippen molar-refractivity contribution in [3.63, 3.8) is 0 Å². The second-order valence-electron chi connectivity index (χ2n) is 2.49. The van der Waals surface area contributed by atoms with Gasteiger partial charge < -0.3 is 11.5 Å². The SMILES string of the molecule is NC(=O)CCSc1ccc(N)cn1. The summed E-state index contributed by atoms with van der Waals surface area (Å²) in [4.78, 5) is 14.5. The molecule has 1 aromatic rings. The van der Waals surface area contributed by atoms with E-state index in [1.165, 1.54) is 11.8 Å². The Hall–Kier alpha value is -1.23. The average Bonchev–Trinajstić information content (AvgIpc) is 2.08. The highest BCUT2D eigenvalue weighted by molar-refractivity contribution is 7.99. The van der Waals surface area contributed by atoms with Gasteiger partial charge in [0.15, 0.2) is 0 Å². The first kappa shape index (κ1) is 9.85. The van der Waals surface area contributed by atoms with E-state index in [9.17, 15) is 4.79 Å². The lowest BCUT2D eigenvalue weighted by Crippen LogP contribution is -2.10. The number of hydrogen-bond acceptors (Lipinski definition) is 4. The first-order valence-electron chi connectivity index (χ1n) is 3.81. The maximum atomic E-state index is 10.4. The highest BCUT2D eigenvalue weighted by atomic mass is 32.2. The summed E-state index contributed by atoms with van der Waals surface area (Å²) in [7, 11) is 0. The summed E-state index contributed by atoms with van der Waals surface area (Å²) in [5.74, 6) is 0.370. The fourth-order valence-corrected chi connectivity index (χ4v) is 1.54. The third kappa shape index (κ3) is 3.80. The molecule has 0 atom stereocenters. The maximum Gasteiger partial charge on any atom is 0.218 e. The Bertz CT molecular complexity index is 286. The van der Waals surface area contributed by atoms with Gasteiger partial charge in [-0.05, 0) is 12.1 Å². The smallest absolute Gasteiger partial charge is 0.218 e. The van der Waals surface area contributed by atoms with Crippen LogP contribution in [0.4, 0.5) is 5.69 Å². The number of pyridine rings is 1. The van der Waals surface area contributed by atoms with Crippen LogP contribution in [0.2, 0.25) is 0 Å². The lowest BCUT2D eigenvalue weighted by atomic mass is 10.4. The number of amides is 1. The highest BCUT2D eigenvalue weighted by Gasteiger charge is 1.97. The van der Waals surface area contributed by atoms with E-state index in [1.807, 2.05) is 6.07 Å². The molecule has 0 saturated heterocycles. The molecule has 0 fully saturated rings. The van der Waals surface area contributed by atoms with Crippen LogP contribution in [0, 0.1) is 0 Å². The van der Waals surface area contributed by atoms with Crippen LogP contribution in [-0.2, 0) is 4.79 Å². The number of nitrogen functional groups attached to an aromatic ring is 1. The van der Waals surface area contributed by atoms with Gasteiger partial charge in [0.2, 0.25) is 5.91 Å². The topological polar surface area (TPSA) is 82.0 Å². The molecule has 0 bridgehead atoms. The molecule has 13 heavy (non-hydrogen) atoms. The zero-order valence-corrected chi connectivity index (χ0v) is 7.88. The highest BCUT2D eigenvalue weighted by Crippen LogP contribution is 2.16. The Morgan fingerprint density at radius 2 is 2.31 bits per heavy atom. The summed E-state index contributed by atoms with van der Waals surface area (Å²) in [5, 5.41) is 0.857. The third-order valence-electron chi connectivity index (χ3n) is 1.36. The molecular weight excluding hydrogens is 186 g/mol. The van der Waals surface area contributed by atoms with Gasteiger partial charge in [-0.25, -0.2) is 4.98 Å². The van der Waals surface area contributed by atoms with Gasteiger partial charge in [-0.3, -0.25) is 4.79 Å². The normalized spacial score (nSPS) is 9.85. The standard InChI is InChI=1S/C8H11N3OS/c9-6-1-2-8(11-5-6)13-4-3-7(10)12/h1-2,5H,3-4,9H2,(H2,10,12). The van der Waals surface area contributed by atoms with Crippen molar-refractivity contribution in [1.29, 1.82) is 0 Å². The van der Waals surface area contributed by atoms with Crippen molar-refractivity contribution in [2.45, 2.75) is 11.4 Å². The zero-order valence-electron chi connectivity index (χ0n) is 7.06. The van der Waals surface area contributed by atoms with Crippen LogP contribution >= 0.6 is 11.8 Å². The molecule has 0 aromatic carbocycles. The molecule has 0 saturated carbocycles. The summed E-state index contributed by atoms with van der Waals surface area (Å²) in [6.45, 7) is 0. The number of aromatic nitrogens is 1. The van der Waals surface area contributed by atoms with Crippen molar-refractivity contribution in [3.05, 3.63) is 18.3 Å². The zero-order chi connectivity index (χ0) is 9.68. The van der Waals surface area contributed by atoms with Gasteiger partial charge in [-0.2, -0.15) is 0 Å². The summed E-state index contributed by atoms with van der Waals surface area (Å²) < 4.78 is 0. The molecule has 4 N–H and O–H groups in total. The molecule has 5 heteroatoms. The number of carbonyl (C=O) groups is 1. The van der Waals surface area contributed by atoms with E-state index in [-0.39, 0.29) is 5.91 Å². The van der Waals surface area contributed by atoms with E-state index in [0.717, 1.165) is 5.03 Å². The molecule has 0 radical (unpaired) electrons. The fraction of sp³-hybridized carbons (Fsp3) is 0.250. The Morgan fingerprint density at radius 3 is 2.85 bits per heavy atom. The van der Waals surface area contributed by atoms with Crippen LogP contribution in [0.25, 0.3) is 0 Å². The second kappa shape index (κ2) is 4.71. The molecule has 0 aliphatic heterocycles. The van der Waals surface area contributed by atoms with Crippen LogP contribution in [-0.4, -0.2) is 16.6 Å². The van der Waals surface area contributed by atoms with E-state index in [2.05, 4.69) is 4.98 Å². The van der Waals surface area contributed by atoms with E-state index in [1.54, 1.807) is 12.3 Å². The molecule has 0 spiro atoms. The summed E-state index contributed by atoms with van der Waals surface area (Å²) >= 11 is 1.49. The number of nitrogens with zero attached hydrogens (tertiary/aromatic N) is 1. The van der Waals surface area contributed by atoms with Gasteiger partial charge >= 0.3 is 0 Å². The van der Waals surface area contributed by atoms with Gasteiger partial charge in [0.05, 0.1) is 16.9 Å². The van der Waals surface area contributed by atoms with Crippen molar-refractivity contribution >= 4 is 23.4 Å². The minimum atomic E-state index is -0.289. The van der Waals surface area contributed by atoms with E-state index >= 15 is 0 Å². The Morgan fingerprint density at radius 1 is 1.54 bits per heavy atom. The van der Waals surface area contributed by atoms with E-state index in [0.29, 0.717) is 17.9 Å². The number of carbonyl (C=O) groups excluding carboxylic acids is 1. The number of primary amides is 1. The third-order valence-corrected chi connectivity index (χ3v) is 2.30.